The van der Waals surface area contributed by atoms with Crippen molar-refractivity contribution in [1.29, 1.82) is 0 Å². The van der Waals surface area contributed by atoms with E-state index in [9.17, 15) is 14.7 Å². The molecule has 0 aliphatic heterocycles. The molecule has 5 nitrogen and oxygen atoms in total. The zero-order valence-corrected chi connectivity index (χ0v) is 14.9. The molecule has 0 amide bonds. The Balaban J connectivity index is 4.13. The Labute approximate surface area is 140 Å². The fraction of sp³-hybridized carbons (Fsp3) is 0.667. The Kier molecular flexibility index (Phi) is 11.0. The Bertz CT molecular complexity index is 408. The maximum absolute atomic E-state index is 11.8. The van der Waals surface area contributed by atoms with E-state index in [1.54, 1.807) is 6.08 Å². The van der Waals surface area contributed by atoms with Gasteiger partial charge in [-0.15, -0.1) is 0 Å². The number of aliphatic carboxylic acids is 1. The minimum Gasteiger partial charge on any atom is -0.550 e. The van der Waals surface area contributed by atoms with Gasteiger partial charge in [0.05, 0.1) is 21.1 Å². The van der Waals surface area contributed by atoms with Gasteiger partial charge in [-0.3, -0.25) is 0 Å². The molecule has 0 heterocycles. The van der Waals surface area contributed by atoms with E-state index >= 15 is 0 Å². The van der Waals surface area contributed by atoms with Crippen molar-refractivity contribution in [2.45, 2.75) is 51.6 Å². The number of likely N-dealkylation sites (N-methyl/N-ethyl adjacent to an activating group) is 1. The van der Waals surface area contributed by atoms with Crippen molar-refractivity contribution in [3.8, 4) is 0 Å². The van der Waals surface area contributed by atoms with E-state index in [1.807, 2.05) is 21.1 Å². The third-order valence-corrected chi connectivity index (χ3v) is 3.08. The Morgan fingerprint density at radius 3 is 2.22 bits per heavy atom. The van der Waals surface area contributed by atoms with Crippen LogP contribution in [0.4, 0.5) is 0 Å². The first kappa shape index (κ1) is 21.4. The van der Waals surface area contributed by atoms with Crippen molar-refractivity contribution < 1.29 is 23.9 Å². The van der Waals surface area contributed by atoms with Crippen LogP contribution in [-0.4, -0.2) is 50.2 Å². The highest BCUT2D eigenvalue weighted by Crippen LogP contribution is 2.06. The maximum Gasteiger partial charge on any atom is 0.330 e. The van der Waals surface area contributed by atoms with Gasteiger partial charge < -0.3 is 19.1 Å². The zero-order chi connectivity index (χ0) is 17.7. The fourth-order valence-electron chi connectivity index (χ4n) is 2.13. The summed E-state index contributed by atoms with van der Waals surface area (Å²) in [5, 5.41) is 10.8. The highest BCUT2D eigenvalue weighted by molar-refractivity contribution is 5.82. The summed E-state index contributed by atoms with van der Waals surface area (Å²) in [6.45, 7) is 2.54. The first-order chi connectivity index (χ1) is 10.7. The monoisotopic (exact) mass is 325 g/mol. The number of carbonyl (C=O) groups is 2. The SMILES string of the molecule is CC/C=C/CCCC/C=C/C(=O)OC(CC(=O)[O-])C[N+](C)(C)C. The van der Waals surface area contributed by atoms with Crippen LogP contribution in [0.5, 0.6) is 0 Å². The summed E-state index contributed by atoms with van der Waals surface area (Å²) in [4.78, 5) is 22.5. The number of carboxylic acids is 1. The highest BCUT2D eigenvalue weighted by atomic mass is 16.5. The van der Waals surface area contributed by atoms with Crippen LogP contribution in [-0.2, 0) is 14.3 Å². The van der Waals surface area contributed by atoms with Crippen molar-refractivity contribution in [3.05, 3.63) is 24.3 Å². The van der Waals surface area contributed by atoms with Crippen molar-refractivity contribution in [3.63, 3.8) is 0 Å². The molecule has 1 atom stereocenters. The van der Waals surface area contributed by atoms with E-state index in [4.69, 9.17) is 4.74 Å². The number of hydrogen-bond acceptors (Lipinski definition) is 4. The lowest BCUT2D eigenvalue weighted by molar-refractivity contribution is -0.873. The summed E-state index contributed by atoms with van der Waals surface area (Å²) in [6.07, 6.45) is 11.6. The van der Waals surface area contributed by atoms with E-state index in [2.05, 4.69) is 19.1 Å². The van der Waals surface area contributed by atoms with Crippen LogP contribution in [0.25, 0.3) is 0 Å². The molecule has 0 spiro atoms. The zero-order valence-electron chi connectivity index (χ0n) is 14.9. The van der Waals surface area contributed by atoms with Crippen molar-refractivity contribution in [1.82, 2.24) is 0 Å². The second kappa shape index (κ2) is 11.9. The lowest BCUT2D eigenvalue weighted by Crippen LogP contribution is -2.45. The lowest BCUT2D eigenvalue weighted by Gasteiger charge is -2.29. The molecule has 0 bridgehead atoms. The predicted molar refractivity (Wildman–Crippen MR) is 89.4 cm³/mol. The van der Waals surface area contributed by atoms with Crippen LogP contribution in [0.1, 0.15) is 45.4 Å². The molecule has 0 aromatic carbocycles. The van der Waals surface area contributed by atoms with Crippen molar-refractivity contribution >= 4 is 11.9 Å². The highest BCUT2D eigenvalue weighted by Gasteiger charge is 2.21. The van der Waals surface area contributed by atoms with Gasteiger partial charge in [-0.2, -0.15) is 0 Å². The third kappa shape index (κ3) is 15.1. The Morgan fingerprint density at radius 1 is 1.09 bits per heavy atom. The van der Waals surface area contributed by atoms with Gasteiger partial charge in [-0.1, -0.05) is 25.2 Å². The standard InChI is InChI=1S/C18H31NO4/c1-5-6-7-8-9-10-11-12-13-18(22)23-16(14-17(20)21)15-19(2,3)4/h6-7,12-13,16H,5,8-11,14-15H2,1-4H3/b7-6+,13-12+. The van der Waals surface area contributed by atoms with Crippen LogP contribution in [0.15, 0.2) is 24.3 Å². The van der Waals surface area contributed by atoms with Crippen molar-refractivity contribution in [2.75, 3.05) is 27.7 Å². The Hall–Kier alpha value is -1.62. The van der Waals surface area contributed by atoms with Crippen molar-refractivity contribution in [2.24, 2.45) is 0 Å². The molecule has 0 aliphatic carbocycles. The largest absolute Gasteiger partial charge is 0.550 e. The molecule has 0 aromatic rings. The van der Waals surface area contributed by atoms with Crippen LogP contribution in [0, 0.1) is 0 Å². The predicted octanol–water partition coefficient (Wildman–Crippen LogP) is 1.83. The number of unbranched alkanes of at least 4 members (excludes halogenated alkanes) is 3. The molecule has 23 heavy (non-hydrogen) atoms. The van der Waals surface area contributed by atoms with Gasteiger partial charge in [0.15, 0.2) is 6.10 Å². The number of rotatable bonds is 12. The molecule has 132 valence electrons. The van der Waals surface area contributed by atoms with E-state index in [0.29, 0.717) is 11.0 Å². The number of hydrogen-bond donors (Lipinski definition) is 0. The first-order valence-corrected chi connectivity index (χ1v) is 8.27. The minimum absolute atomic E-state index is 0.279. The molecule has 0 N–H and O–H groups in total. The average Bonchev–Trinajstić information content (AvgIpc) is 2.39. The number of quaternary nitrogens is 1. The summed E-state index contributed by atoms with van der Waals surface area (Å²) in [7, 11) is 5.75. The maximum atomic E-state index is 11.8. The summed E-state index contributed by atoms with van der Waals surface area (Å²) >= 11 is 0. The molecule has 0 radical (unpaired) electrons. The summed E-state index contributed by atoms with van der Waals surface area (Å²) < 4.78 is 5.74. The number of carbonyl (C=O) groups excluding carboxylic acids is 2. The molecule has 1 unspecified atom stereocenters. The van der Waals surface area contributed by atoms with Gasteiger partial charge in [-0.05, 0) is 32.1 Å². The quantitative estimate of drug-likeness (QED) is 0.180. The van der Waals surface area contributed by atoms with E-state index < -0.39 is 18.0 Å². The average molecular weight is 325 g/mol. The fourth-order valence-corrected chi connectivity index (χ4v) is 2.13. The molecule has 0 saturated carbocycles. The first-order valence-electron chi connectivity index (χ1n) is 8.27. The second-order valence-electron chi connectivity index (χ2n) is 6.67. The lowest BCUT2D eigenvalue weighted by atomic mass is 10.1. The van der Waals surface area contributed by atoms with Crippen LogP contribution >= 0.6 is 0 Å². The molecule has 0 aliphatic rings. The number of carboxylic acid groups (broad SMARTS) is 1. The molecular weight excluding hydrogens is 294 g/mol. The van der Waals surface area contributed by atoms with Gasteiger partial charge in [0.25, 0.3) is 0 Å². The topological polar surface area (TPSA) is 66.4 Å². The van der Waals surface area contributed by atoms with Gasteiger partial charge in [-0.25, -0.2) is 4.79 Å². The van der Waals surface area contributed by atoms with E-state index in [0.717, 1.165) is 32.1 Å². The molecule has 0 saturated heterocycles. The minimum atomic E-state index is -1.21. The summed E-state index contributed by atoms with van der Waals surface area (Å²) in [6, 6.07) is 0. The number of nitrogens with zero attached hydrogens (tertiary/aromatic N) is 1. The number of ether oxygens (including phenoxy) is 1. The van der Waals surface area contributed by atoms with E-state index in [1.165, 1.54) is 6.08 Å². The smallest absolute Gasteiger partial charge is 0.330 e. The molecule has 5 heteroatoms. The Morgan fingerprint density at radius 2 is 1.70 bits per heavy atom. The van der Waals surface area contributed by atoms with E-state index in [-0.39, 0.29) is 6.42 Å². The summed E-state index contributed by atoms with van der Waals surface area (Å²) in [5.41, 5.74) is 0. The molecule has 0 fully saturated rings. The van der Waals surface area contributed by atoms with Crippen LogP contribution in [0.3, 0.4) is 0 Å². The van der Waals surface area contributed by atoms with Gasteiger partial charge in [0, 0.05) is 18.5 Å². The second-order valence-corrected chi connectivity index (χ2v) is 6.67. The van der Waals surface area contributed by atoms with Gasteiger partial charge in [0.1, 0.15) is 6.54 Å². The molecule has 0 rings (SSSR count). The van der Waals surface area contributed by atoms with Gasteiger partial charge in [0.2, 0.25) is 0 Å². The third-order valence-electron chi connectivity index (χ3n) is 3.08. The number of esters is 1. The molecular formula is C18H31NO4. The van der Waals surface area contributed by atoms with Crippen LogP contribution in [0.2, 0.25) is 0 Å². The number of allylic oxidation sites excluding steroid dienone is 3. The summed E-state index contributed by atoms with van der Waals surface area (Å²) in [5.74, 6) is -1.70. The normalized spacial score (nSPS) is 13.6. The molecule has 0 aromatic heterocycles. The van der Waals surface area contributed by atoms with Crippen LogP contribution < -0.4 is 5.11 Å². The van der Waals surface area contributed by atoms with Gasteiger partial charge >= 0.3 is 5.97 Å².